The molecule has 0 aliphatic carbocycles. The maximum Gasteiger partial charge on any atom is 0.144 e. The zero-order valence-electron chi connectivity index (χ0n) is 12.0. The number of nitriles is 1. The van der Waals surface area contributed by atoms with E-state index in [1.807, 2.05) is 16.8 Å². The van der Waals surface area contributed by atoms with Gasteiger partial charge in [0, 0.05) is 31.7 Å². The van der Waals surface area contributed by atoms with Crippen LogP contribution in [0.25, 0.3) is 0 Å². The number of nitrogens with one attached hydrogen (secondary N) is 1. The lowest BCUT2D eigenvalue weighted by atomic mass is 10.1. The molecule has 1 N–H and O–H groups in total. The van der Waals surface area contributed by atoms with Crippen molar-refractivity contribution in [3.05, 3.63) is 78.0 Å². The summed E-state index contributed by atoms with van der Waals surface area (Å²) in [5.41, 5.74) is 2.91. The first-order valence-corrected chi connectivity index (χ1v) is 6.98. The third-order valence-electron chi connectivity index (χ3n) is 3.30. The van der Waals surface area contributed by atoms with Crippen molar-refractivity contribution in [2.75, 3.05) is 5.32 Å². The quantitative estimate of drug-likeness (QED) is 0.784. The molecule has 0 radical (unpaired) electrons. The number of imidazole rings is 1. The molecule has 0 saturated carbocycles. The van der Waals surface area contributed by atoms with E-state index in [-0.39, 0.29) is 0 Å². The van der Waals surface area contributed by atoms with Gasteiger partial charge in [-0.25, -0.2) is 9.97 Å². The predicted molar refractivity (Wildman–Crippen MR) is 84.0 cm³/mol. The molecule has 5 heteroatoms. The normalized spacial score (nSPS) is 10.1. The Morgan fingerprint density at radius 2 is 2.05 bits per heavy atom. The van der Waals surface area contributed by atoms with Crippen molar-refractivity contribution in [2.24, 2.45) is 0 Å². The highest BCUT2D eigenvalue weighted by Gasteiger charge is 2.02. The van der Waals surface area contributed by atoms with Gasteiger partial charge in [0.2, 0.25) is 0 Å². The molecule has 0 atom stereocenters. The molecular weight excluding hydrogens is 274 g/mol. The number of rotatable bonds is 5. The molecule has 0 amide bonds. The van der Waals surface area contributed by atoms with Gasteiger partial charge in [0.05, 0.1) is 11.9 Å². The van der Waals surface area contributed by atoms with Crippen LogP contribution in [0.2, 0.25) is 0 Å². The summed E-state index contributed by atoms with van der Waals surface area (Å²) < 4.78 is 2.03. The van der Waals surface area contributed by atoms with Gasteiger partial charge in [-0.1, -0.05) is 24.3 Å². The minimum atomic E-state index is 0.553. The lowest BCUT2D eigenvalue weighted by molar-refractivity contribution is 0.796. The zero-order chi connectivity index (χ0) is 15.2. The molecule has 0 unspecified atom stereocenters. The number of anilines is 1. The van der Waals surface area contributed by atoms with Crippen molar-refractivity contribution in [1.29, 1.82) is 5.26 Å². The van der Waals surface area contributed by atoms with E-state index in [1.165, 1.54) is 5.56 Å². The third kappa shape index (κ3) is 3.30. The van der Waals surface area contributed by atoms with Crippen LogP contribution in [0.4, 0.5) is 5.82 Å². The van der Waals surface area contributed by atoms with Gasteiger partial charge in [-0.3, -0.25) is 0 Å². The molecule has 1 aromatic carbocycles. The largest absolute Gasteiger partial charge is 0.365 e. The molecule has 108 valence electrons. The summed E-state index contributed by atoms with van der Waals surface area (Å²) in [6.07, 6.45) is 7.20. The number of nitrogens with zero attached hydrogens (tertiary/aromatic N) is 4. The van der Waals surface area contributed by atoms with E-state index in [0.717, 1.165) is 12.1 Å². The number of hydrogen-bond donors (Lipinski definition) is 1. The highest BCUT2D eigenvalue weighted by atomic mass is 15.0. The highest BCUT2D eigenvalue weighted by Crippen LogP contribution is 2.13. The molecule has 0 spiro atoms. The van der Waals surface area contributed by atoms with Gasteiger partial charge >= 0.3 is 0 Å². The molecule has 3 aromatic rings. The monoisotopic (exact) mass is 289 g/mol. The van der Waals surface area contributed by atoms with E-state index in [2.05, 4.69) is 39.6 Å². The van der Waals surface area contributed by atoms with E-state index in [4.69, 9.17) is 5.26 Å². The first-order chi connectivity index (χ1) is 10.8. The molecular formula is C17H15N5. The van der Waals surface area contributed by atoms with Crippen LogP contribution < -0.4 is 5.32 Å². The summed E-state index contributed by atoms with van der Waals surface area (Å²) in [4.78, 5) is 8.25. The second kappa shape index (κ2) is 6.55. The number of benzene rings is 1. The Hall–Kier alpha value is -3.13. The number of aromatic nitrogens is 3. The number of hydrogen-bond acceptors (Lipinski definition) is 4. The number of pyridine rings is 1. The Morgan fingerprint density at radius 1 is 1.14 bits per heavy atom. The fourth-order valence-electron chi connectivity index (χ4n) is 2.25. The summed E-state index contributed by atoms with van der Waals surface area (Å²) in [6, 6.07) is 14.0. The van der Waals surface area contributed by atoms with Crippen LogP contribution in [0.15, 0.2) is 61.3 Å². The van der Waals surface area contributed by atoms with E-state index in [1.54, 1.807) is 30.9 Å². The van der Waals surface area contributed by atoms with Crippen LogP contribution in [0, 0.1) is 11.3 Å². The summed E-state index contributed by atoms with van der Waals surface area (Å²) >= 11 is 0. The Labute approximate surface area is 128 Å². The smallest absolute Gasteiger partial charge is 0.144 e. The maximum absolute atomic E-state index is 9.06. The molecule has 0 saturated heterocycles. The SMILES string of the molecule is N#Cc1cccnc1NCc1cccc(Cn2ccnc2)c1. The first kappa shape index (κ1) is 13.8. The third-order valence-corrected chi connectivity index (χ3v) is 3.30. The van der Waals surface area contributed by atoms with Gasteiger partial charge in [0.1, 0.15) is 11.9 Å². The molecule has 2 heterocycles. The van der Waals surface area contributed by atoms with Gasteiger partial charge in [0.25, 0.3) is 0 Å². The van der Waals surface area contributed by atoms with Crippen molar-refractivity contribution in [1.82, 2.24) is 14.5 Å². The topological polar surface area (TPSA) is 66.5 Å². The molecule has 0 aliphatic heterocycles. The Bertz CT molecular complexity index is 787. The van der Waals surface area contributed by atoms with Crippen LogP contribution in [-0.2, 0) is 13.1 Å². The molecule has 2 aromatic heterocycles. The van der Waals surface area contributed by atoms with Crippen molar-refractivity contribution >= 4 is 5.82 Å². The predicted octanol–water partition coefficient (Wildman–Crippen LogP) is 2.81. The van der Waals surface area contributed by atoms with Gasteiger partial charge in [-0.2, -0.15) is 5.26 Å². The maximum atomic E-state index is 9.06. The van der Waals surface area contributed by atoms with Crippen LogP contribution in [-0.4, -0.2) is 14.5 Å². The lowest BCUT2D eigenvalue weighted by Crippen LogP contribution is -2.04. The second-order valence-corrected chi connectivity index (χ2v) is 4.92. The molecule has 0 aliphatic rings. The summed E-state index contributed by atoms with van der Waals surface area (Å²) in [5.74, 6) is 0.616. The van der Waals surface area contributed by atoms with Crippen LogP contribution in [0.3, 0.4) is 0 Å². The van der Waals surface area contributed by atoms with Gasteiger partial charge in [-0.05, 0) is 23.3 Å². The van der Waals surface area contributed by atoms with Gasteiger partial charge < -0.3 is 9.88 Å². The molecule has 0 bridgehead atoms. The van der Waals surface area contributed by atoms with E-state index >= 15 is 0 Å². The van der Waals surface area contributed by atoms with E-state index in [0.29, 0.717) is 17.9 Å². The van der Waals surface area contributed by atoms with E-state index < -0.39 is 0 Å². The molecule has 0 fully saturated rings. The van der Waals surface area contributed by atoms with Crippen molar-refractivity contribution in [2.45, 2.75) is 13.1 Å². The minimum Gasteiger partial charge on any atom is -0.365 e. The van der Waals surface area contributed by atoms with Crippen LogP contribution in [0.5, 0.6) is 0 Å². The summed E-state index contributed by atoms with van der Waals surface area (Å²) in [5, 5.41) is 12.3. The minimum absolute atomic E-state index is 0.553. The first-order valence-electron chi connectivity index (χ1n) is 6.98. The average molecular weight is 289 g/mol. The molecule has 3 rings (SSSR count). The highest BCUT2D eigenvalue weighted by molar-refractivity contribution is 5.51. The molecule has 5 nitrogen and oxygen atoms in total. The average Bonchev–Trinajstić information content (AvgIpc) is 3.06. The van der Waals surface area contributed by atoms with Crippen LogP contribution in [0.1, 0.15) is 16.7 Å². The zero-order valence-corrected chi connectivity index (χ0v) is 12.0. The van der Waals surface area contributed by atoms with Gasteiger partial charge in [0.15, 0.2) is 0 Å². The Morgan fingerprint density at radius 3 is 2.86 bits per heavy atom. The summed E-state index contributed by atoms with van der Waals surface area (Å²) in [7, 11) is 0. The van der Waals surface area contributed by atoms with Crippen molar-refractivity contribution < 1.29 is 0 Å². The second-order valence-electron chi connectivity index (χ2n) is 4.92. The van der Waals surface area contributed by atoms with Gasteiger partial charge in [-0.15, -0.1) is 0 Å². The lowest BCUT2D eigenvalue weighted by Gasteiger charge is -2.09. The fraction of sp³-hybridized carbons (Fsp3) is 0.118. The van der Waals surface area contributed by atoms with E-state index in [9.17, 15) is 0 Å². The fourth-order valence-corrected chi connectivity index (χ4v) is 2.25. The Kier molecular flexibility index (Phi) is 4.12. The van der Waals surface area contributed by atoms with Crippen molar-refractivity contribution in [3.8, 4) is 6.07 Å². The standard InChI is InChI=1S/C17H15N5/c18-10-16-5-2-6-20-17(16)21-11-14-3-1-4-15(9-14)12-22-8-7-19-13-22/h1-9,13H,11-12H2,(H,20,21). The molecule has 22 heavy (non-hydrogen) atoms. The Balaban J connectivity index is 1.69. The van der Waals surface area contributed by atoms with Crippen LogP contribution >= 0.6 is 0 Å². The van der Waals surface area contributed by atoms with Crippen molar-refractivity contribution in [3.63, 3.8) is 0 Å². The summed E-state index contributed by atoms with van der Waals surface area (Å²) in [6.45, 7) is 1.42.